The van der Waals surface area contributed by atoms with E-state index in [0.29, 0.717) is 21.4 Å². The molecule has 19 heteroatoms. The SMILES string of the molecule is O=C(Cn1nc(-c2ccc(Cl)cc2)n(CCC(F)(F)F)c1=O)NC(c1cccc(C(F)(F)F)c1)c1noc(C(F)(F)F)n1. The molecule has 43 heavy (non-hydrogen) atoms. The van der Waals surface area contributed by atoms with E-state index in [1.807, 2.05) is 0 Å². The van der Waals surface area contributed by atoms with E-state index >= 15 is 0 Å². The highest BCUT2D eigenvalue weighted by atomic mass is 35.5. The van der Waals surface area contributed by atoms with E-state index in [2.05, 4.69) is 25.1 Å². The minimum Gasteiger partial charge on any atom is -0.340 e. The molecule has 1 amide bonds. The zero-order valence-corrected chi connectivity index (χ0v) is 21.8. The molecule has 2 aromatic heterocycles. The maximum absolute atomic E-state index is 13.3. The molecular weight excluding hydrogens is 627 g/mol. The molecule has 0 fully saturated rings. The Balaban J connectivity index is 1.69. The molecule has 230 valence electrons. The van der Waals surface area contributed by atoms with Gasteiger partial charge in [0.15, 0.2) is 11.6 Å². The molecule has 0 spiro atoms. The van der Waals surface area contributed by atoms with Gasteiger partial charge in [-0.2, -0.15) is 44.5 Å². The summed E-state index contributed by atoms with van der Waals surface area (Å²) in [6, 6.07) is 6.80. The zero-order valence-electron chi connectivity index (χ0n) is 21.1. The van der Waals surface area contributed by atoms with Gasteiger partial charge in [-0.05, 0) is 42.0 Å². The van der Waals surface area contributed by atoms with Crippen LogP contribution in [0.15, 0.2) is 57.8 Å². The number of aromatic nitrogens is 5. The van der Waals surface area contributed by atoms with Crippen molar-refractivity contribution in [2.24, 2.45) is 0 Å². The molecule has 1 unspecified atom stereocenters. The van der Waals surface area contributed by atoms with Crippen molar-refractivity contribution < 1.29 is 48.8 Å². The summed E-state index contributed by atoms with van der Waals surface area (Å²) in [5.41, 5.74) is -2.60. The summed E-state index contributed by atoms with van der Waals surface area (Å²) in [6.07, 6.45) is -16.1. The monoisotopic (exact) mass is 642 g/mol. The lowest BCUT2D eigenvalue weighted by atomic mass is 10.0. The number of amides is 1. The molecule has 0 aliphatic heterocycles. The Labute approximate surface area is 238 Å². The Morgan fingerprint density at radius 1 is 0.977 bits per heavy atom. The Hall–Kier alpha value is -4.35. The minimum atomic E-state index is -5.12. The average Bonchev–Trinajstić information content (AvgIpc) is 3.51. The van der Waals surface area contributed by atoms with E-state index in [9.17, 15) is 49.1 Å². The fourth-order valence-electron chi connectivity index (χ4n) is 3.80. The first-order valence-corrected chi connectivity index (χ1v) is 12.2. The molecule has 0 aliphatic carbocycles. The highest BCUT2D eigenvalue weighted by Crippen LogP contribution is 2.33. The van der Waals surface area contributed by atoms with E-state index in [0.717, 1.165) is 12.1 Å². The average molecular weight is 643 g/mol. The third-order valence-electron chi connectivity index (χ3n) is 5.73. The molecule has 0 radical (unpaired) electrons. The lowest BCUT2D eigenvalue weighted by molar-refractivity contribution is -0.159. The van der Waals surface area contributed by atoms with Gasteiger partial charge in [-0.25, -0.2) is 9.48 Å². The van der Waals surface area contributed by atoms with Gasteiger partial charge in [-0.1, -0.05) is 28.9 Å². The maximum atomic E-state index is 13.3. The van der Waals surface area contributed by atoms with Gasteiger partial charge in [0.05, 0.1) is 12.0 Å². The van der Waals surface area contributed by atoms with Gasteiger partial charge in [0.1, 0.15) is 12.6 Å². The molecule has 9 nitrogen and oxygen atoms in total. The predicted molar refractivity (Wildman–Crippen MR) is 128 cm³/mol. The van der Waals surface area contributed by atoms with Crippen molar-refractivity contribution in [1.82, 2.24) is 29.8 Å². The number of nitrogens with one attached hydrogen (secondary N) is 1. The number of carbonyl (C=O) groups excluding carboxylic acids is 1. The van der Waals surface area contributed by atoms with Crippen molar-refractivity contribution >= 4 is 17.5 Å². The Bertz CT molecular complexity index is 1660. The topological polar surface area (TPSA) is 108 Å². The first kappa shape index (κ1) is 31.6. The van der Waals surface area contributed by atoms with Crippen LogP contribution in [0.2, 0.25) is 5.02 Å². The van der Waals surface area contributed by atoms with Gasteiger partial charge in [-0.3, -0.25) is 9.36 Å². The van der Waals surface area contributed by atoms with Crippen molar-refractivity contribution in [2.75, 3.05) is 0 Å². The van der Waals surface area contributed by atoms with Gasteiger partial charge in [0.2, 0.25) is 5.91 Å². The number of carbonyl (C=O) groups is 1. The van der Waals surface area contributed by atoms with E-state index in [-0.39, 0.29) is 16.4 Å². The normalized spacial score (nSPS) is 13.3. The van der Waals surface area contributed by atoms with Crippen molar-refractivity contribution in [2.45, 2.75) is 44.1 Å². The Morgan fingerprint density at radius 3 is 2.23 bits per heavy atom. The molecule has 0 saturated carbocycles. The summed E-state index contributed by atoms with van der Waals surface area (Å²) >= 11 is 5.84. The van der Waals surface area contributed by atoms with Crippen LogP contribution in [0.1, 0.15) is 35.3 Å². The van der Waals surface area contributed by atoms with Crippen molar-refractivity contribution in [1.29, 1.82) is 0 Å². The predicted octanol–water partition coefficient (Wildman–Crippen LogP) is 5.64. The van der Waals surface area contributed by atoms with E-state index in [1.165, 1.54) is 24.3 Å². The Morgan fingerprint density at radius 2 is 1.65 bits per heavy atom. The van der Waals surface area contributed by atoms with Crippen LogP contribution in [-0.2, 0) is 30.2 Å². The van der Waals surface area contributed by atoms with Crippen LogP contribution in [0, 0.1) is 0 Å². The van der Waals surface area contributed by atoms with Crippen LogP contribution < -0.4 is 11.0 Å². The van der Waals surface area contributed by atoms with Gasteiger partial charge in [0, 0.05) is 17.1 Å². The molecule has 1 atom stereocenters. The lowest BCUT2D eigenvalue weighted by Gasteiger charge is -2.17. The lowest BCUT2D eigenvalue weighted by Crippen LogP contribution is -2.36. The van der Waals surface area contributed by atoms with Crippen molar-refractivity contribution in [3.8, 4) is 11.4 Å². The second kappa shape index (κ2) is 11.7. The molecule has 0 aliphatic rings. The summed E-state index contributed by atoms with van der Waals surface area (Å²) in [7, 11) is 0. The number of halogens is 10. The first-order chi connectivity index (χ1) is 19.9. The van der Waals surface area contributed by atoms with Gasteiger partial charge in [-0.15, -0.1) is 5.10 Å². The molecule has 0 bridgehead atoms. The van der Waals surface area contributed by atoms with E-state index < -0.39 is 78.5 Å². The van der Waals surface area contributed by atoms with Crippen LogP contribution >= 0.6 is 11.6 Å². The second-order valence-electron chi connectivity index (χ2n) is 8.87. The summed E-state index contributed by atoms with van der Waals surface area (Å²) in [5, 5.41) is 9.47. The summed E-state index contributed by atoms with van der Waals surface area (Å²) < 4.78 is 123. The quantitative estimate of drug-likeness (QED) is 0.249. The van der Waals surface area contributed by atoms with Crippen LogP contribution in [0.4, 0.5) is 39.5 Å². The smallest absolute Gasteiger partial charge is 0.340 e. The molecule has 0 saturated heterocycles. The zero-order chi connectivity index (χ0) is 31.7. The summed E-state index contributed by atoms with van der Waals surface area (Å²) in [4.78, 5) is 29.1. The maximum Gasteiger partial charge on any atom is 0.471 e. The first-order valence-electron chi connectivity index (χ1n) is 11.8. The van der Waals surface area contributed by atoms with Crippen LogP contribution in [0.3, 0.4) is 0 Å². The van der Waals surface area contributed by atoms with Gasteiger partial charge < -0.3 is 9.84 Å². The molecule has 4 rings (SSSR count). The van der Waals surface area contributed by atoms with Crippen molar-refractivity contribution in [3.63, 3.8) is 0 Å². The molecule has 2 heterocycles. The van der Waals surface area contributed by atoms with Gasteiger partial charge >= 0.3 is 30.1 Å². The summed E-state index contributed by atoms with van der Waals surface area (Å²) in [5.74, 6) is -4.17. The molecular formula is C24H16ClF9N6O3. The largest absolute Gasteiger partial charge is 0.471 e. The fraction of sp³-hybridized carbons (Fsp3) is 0.292. The molecule has 4 aromatic rings. The molecule has 1 N–H and O–H groups in total. The number of rotatable bonds is 8. The van der Waals surface area contributed by atoms with E-state index in [1.54, 1.807) is 0 Å². The minimum absolute atomic E-state index is 0.163. The highest BCUT2D eigenvalue weighted by molar-refractivity contribution is 6.30. The van der Waals surface area contributed by atoms with Crippen molar-refractivity contribution in [3.05, 3.63) is 86.9 Å². The molecule has 2 aromatic carbocycles. The summed E-state index contributed by atoms with van der Waals surface area (Å²) in [6.45, 7) is -1.88. The number of hydrogen-bond donors (Lipinski definition) is 1. The van der Waals surface area contributed by atoms with Crippen LogP contribution in [-0.4, -0.2) is 36.6 Å². The number of benzene rings is 2. The van der Waals surface area contributed by atoms with Gasteiger partial charge in [0.25, 0.3) is 0 Å². The third kappa shape index (κ3) is 7.74. The Kier molecular flexibility index (Phi) is 8.62. The number of nitrogens with zero attached hydrogens (tertiary/aromatic N) is 5. The second-order valence-corrected chi connectivity index (χ2v) is 9.30. The third-order valence-corrected chi connectivity index (χ3v) is 5.98. The standard InChI is InChI=1S/C24H16ClF9N6O3/c25-15-6-4-12(5-7-15)19-37-40(21(42)39(19)9-8-22(26,27)28)11-16(41)35-17(18-36-20(43-38-18)24(32,33)34)13-2-1-3-14(10-13)23(29,30)31/h1-7,10,17H,8-9,11H2,(H,35,41). The highest BCUT2D eigenvalue weighted by Gasteiger charge is 2.40. The number of hydrogen-bond acceptors (Lipinski definition) is 6. The fourth-order valence-corrected chi connectivity index (χ4v) is 3.92. The van der Waals surface area contributed by atoms with Crippen LogP contribution in [0.25, 0.3) is 11.4 Å². The number of alkyl halides is 9. The van der Waals surface area contributed by atoms with Crippen LogP contribution in [0.5, 0.6) is 0 Å². The van der Waals surface area contributed by atoms with E-state index in [4.69, 9.17) is 11.6 Å².